The van der Waals surface area contributed by atoms with Gasteiger partial charge in [-0.2, -0.15) is 0 Å². The number of ether oxygens (including phenoxy) is 2. The van der Waals surface area contributed by atoms with Crippen LogP contribution in [0.1, 0.15) is 29.6 Å². The lowest BCUT2D eigenvalue weighted by Gasteiger charge is -2.08. The zero-order chi connectivity index (χ0) is 13.9. The average Bonchev–Trinajstić information content (AvgIpc) is 3.29. The zero-order valence-corrected chi connectivity index (χ0v) is 11.3. The van der Waals surface area contributed by atoms with Crippen LogP contribution in [0.5, 0.6) is 11.5 Å². The summed E-state index contributed by atoms with van der Waals surface area (Å²) in [5, 5.41) is 0. The van der Waals surface area contributed by atoms with Crippen molar-refractivity contribution in [3.63, 3.8) is 0 Å². The van der Waals surface area contributed by atoms with Crippen molar-refractivity contribution >= 4 is 11.7 Å². The minimum absolute atomic E-state index is 0.0316. The maximum absolute atomic E-state index is 12.1. The summed E-state index contributed by atoms with van der Waals surface area (Å²) < 4.78 is 11.1. The highest BCUT2D eigenvalue weighted by Gasteiger charge is 2.24. The van der Waals surface area contributed by atoms with Gasteiger partial charge < -0.3 is 14.4 Å². The fourth-order valence-corrected chi connectivity index (χ4v) is 2.16. The smallest absolute Gasteiger partial charge is 0.223 e. The summed E-state index contributed by atoms with van der Waals surface area (Å²) in [7, 11) is 0. The van der Waals surface area contributed by atoms with Crippen LogP contribution < -0.4 is 9.47 Å². The molecule has 0 atom stereocenters. The van der Waals surface area contributed by atoms with Gasteiger partial charge in [0.1, 0.15) is 0 Å². The van der Waals surface area contributed by atoms with Crippen LogP contribution in [0, 0.1) is 0 Å². The van der Waals surface area contributed by atoms with Crippen LogP contribution in [-0.4, -0.2) is 42.9 Å². The van der Waals surface area contributed by atoms with Crippen molar-refractivity contribution in [2.45, 2.75) is 19.3 Å². The number of Topliss-reactive ketones (excluding diaryl/α,β-unsaturated/α-hetero) is 1. The quantitative estimate of drug-likeness (QED) is 0.619. The third-order valence-electron chi connectivity index (χ3n) is 3.44. The van der Waals surface area contributed by atoms with Gasteiger partial charge in [-0.25, -0.2) is 0 Å². The first-order chi connectivity index (χ1) is 9.74. The second kappa shape index (κ2) is 5.53. The number of fused-ring (bicyclic) bond motifs is 1. The van der Waals surface area contributed by atoms with Gasteiger partial charge >= 0.3 is 0 Å². The van der Waals surface area contributed by atoms with E-state index in [1.165, 1.54) is 0 Å². The summed E-state index contributed by atoms with van der Waals surface area (Å²) in [5.74, 6) is 1.33. The Morgan fingerprint density at radius 1 is 1.05 bits per heavy atom. The lowest BCUT2D eigenvalue weighted by molar-refractivity contribution is -0.125. The molecule has 0 spiro atoms. The lowest BCUT2D eigenvalue weighted by Crippen LogP contribution is -2.12. The van der Waals surface area contributed by atoms with Crippen molar-refractivity contribution in [3.8, 4) is 11.5 Å². The second-order valence-corrected chi connectivity index (χ2v) is 5.02. The number of benzene rings is 1. The van der Waals surface area contributed by atoms with E-state index in [9.17, 15) is 9.59 Å². The Hall–Kier alpha value is -2.04. The Kier molecular flexibility index (Phi) is 3.58. The molecule has 0 bridgehead atoms. The molecular weight excluding hydrogens is 258 g/mol. The van der Waals surface area contributed by atoms with Crippen LogP contribution in [0.3, 0.4) is 0 Å². The Morgan fingerprint density at radius 3 is 2.55 bits per heavy atom. The molecule has 0 aromatic heterocycles. The summed E-state index contributed by atoms with van der Waals surface area (Å²) in [4.78, 5) is 25.4. The minimum Gasteiger partial charge on any atom is -0.490 e. The van der Waals surface area contributed by atoms with E-state index >= 15 is 0 Å². The van der Waals surface area contributed by atoms with Crippen LogP contribution in [0.15, 0.2) is 18.2 Å². The molecule has 5 heteroatoms. The van der Waals surface area contributed by atoms with Crippen LogP contribution >= 0.6 is 0 Å². The summed E-state index contributed by atoms with van der Waals surface area (Å²) in [6.07, 6.45) is 1.37. The standard InChI is InChI=1S/C15H17NO4/c17-12(3-5-15(18)16-6-7-16)11-2-4-13-14(10-11)20-9-1-8-19-13/h2,4,10H,1,3,5-9H2. The number of carbonyl (C=O) groups excluding carboxylic acids is 2. The van der Waals surface area contributed by atoms with Crippen molar-refractivity contribution in [2.75, 3.05) is 26.3 Å². The van der Waals surface area contributed by atoms with E-state index in [0.29, 0.717) is 30.3 Å². The lowest BCUT2D eigenvalue weighted by atomic mass is 10.1. The van der Waals surface area contributed by atoms with E-state index in [0.717, 1.165) is 19.5 Å². The highest BCUT2D eigenvalue weighted by atomic mass is 16.5. The third kappa shape index (κ3) is 2.92. The predicted octanol–water partition coefficient (Wildman–Crippen LogP) is 1.65. The molecule has 0 radical (unpaired) electrons. The van der Waals surface area contributed by atoms with Gasteiger partial charge in [-0.15, -0.1) is 0 Å². The van der Waals surface area contributed by atoms with E-state index in [1.807, 2.05) is 0 Å². The summed E-state index contributed by atoms with van der Waals surface area (Å²) in [6, 6.07) is 5.21. The first-order valence-electron chi connectivity index (χ1n) is 6.95. The molecule has 3 rings (SSSR count). The van der Waals surface area contributed by atoms with Gasteiger partial charge in [0.15, 0.2) is 17.3 Å². The number of hydrogen-bond donors (Lipinski definition) is 0. The topological polar surface area (TPSA) is 55.6 Å². The second-order valence-electron chi connectivity index (χ2n) is 5.02. The van der Waals surface area contributed by atoms with Gasteiger partial charge in [-0.3, -0.25) is 9.59 Å². The SMILES string of the molecule is O=C(CCC(=O)N1CC1)c1ccc2c(c1)OCCCO2. The molecule has 1 amide bonds. The fraction of sp³-hybridized carbons (Fsp3) is 0.467. The van der Waals surface area contributed by atoms with Crippen LogP contribution in [0.25, 0.3) is 0 Å². The molecule has 0 unspecified atom stereocenters. The van der Waals surface area contributed by atoms with E-state index in [4.69, 9.17) is 9.47 Å². The molecule has 1 saturated heterocycles. The monoisotopic (exact) mass is 275 g/mol. The molecule has 0 saturated carbocycles. The van der Waals surface area contributed by atoms with Gasteiger partial charge in [0, 0.05) is 37.9 Å². The molecule has 2 aliphatic rings. The predicted molar refractivity (Wildman–Crippen MR) is 72.2 cm³/mol. The number of rotatable bonds is 4. The molecule has 1 aromatic rings. The largest absolute Gasteiger partial charge is 0.490 e. The highest BCUT2D eigenvalue weighted by molar-refractivity contribution is 5.98. The maximum Gasteiger partial charge on any atom is 0.223 e. The van der Waals surface area contributed by atoms with Gasteiger partial charge in [-0.05, 0) is 18.2 Å². The van der Waals surface area contributed by atoms with Crippen molar-refractivity contribution < 1.29 is 19.1 Å². The molecule has 2 heterocycles. The first-order valence-corrected chi connectivity index (χ1v) is 6.95. The van der Waals surface area contributed by atoms with Gasteiger partial charge in [-0.1, -0.05) is 0 Å². The molecular formula is C15H17NO4. The van der Waals surface area contributed by atoms with Crippen LogP contribution in [0.2, 0.25) is 0 Å². The van der Waals surface area contributed by atoms with Crippen molar-refractivity contribution in [1.29, 1.82) is 0 Å². The Labute approximate surface area is 117 Å². The van der Waals surface area contributed by atoms with Crippen molar-refractivity contribution in [3.05, 3.63) is 23.8 Å². The van der Waals surface area contributed by atoms with Gasteiger partial charge in [0.05, 0.1) is 13.2 Å². The number of hydrogen-bond acceptors (Lipinski definition) is 4. The van der Waals surface area contributed by atoms with E-state index in [-0.39, 0.29) is 24.5 Å². The van der Waals surface area contributed by atoms with Crippen LogP contribution in [-0.2, 0) is 4.79 Å². The van der Waals surface area contributed by atoms with E-state index in [2.05, 4.69) is 0 Å². The molecule has 0 N–H and O–H groups in total. The third-order valence-corrected chi connectivity index (χ3v) is 3.44. The molecule has 5 nitrogen and oxygen atoms in total. The summed E-state index contributed by atoms with van der Waals surface area (Å²) >= 11 is 0. The first kappa shape index (κ1) is 13.0. The summed E-state index contributed by atoms with van der Waals surface area (Å²) in [5.41, 5.74) is 0.577. The minimum atomic E-state index is -0.0316. The van der Waals surface area contributed by atoms with Gasteiger partial charge in [0.2, 0.25) is 5.91 Å². The number of amides is 1. The van der Waals surface area contributed by atoms with E-state index < -0.39 is 0 Å². The Bertz CT molecular complexity index is 537. The Morgan fingerprint density at radius 2 is 1.80 bits per heavy atom. The Balaban J connectivity index is 1.65. The molecule has 1 fully saturated rings. The maximum atomic E-state index is 12.1. The fourth-order valence-electron chi connectivity index (χ4n) is 2.16. The summed E-state index contributed by atoms with van der Waals surface area (Å²) in [6.45, 7) is 2.89. The number of ketones is 1. The molecule has 2 aliphatic heterocycles. The van der Waals surface area contributed by atoms with Crippen molar-refractivity contribution in [1.82, 2.24) is 4.90 Å². The molecule has 106 valence electrons. The van der Waals surface area contributed by atoms with Crippen molar-refractivity contribution in [2.24, 2.45) is 0 Å². The van der Waals surface area contributed by atoms with E-state index in [1.54, 1.807) is 23.1 Å². The molecule has 20 heavy (non-hydrogen) atoms. The normalized spacial score (nSPS) is 16.5. The highest BCUT2D eigenvalue weighted by Crippen LogP contribution is 2.30. The van der Waals surface area contributed by atoms with Gasteiger partial charge in [0.25, 0.3) is 0 Å². The molecule has 1 aromatic carbocycles. The molecule has 0 aliphatic carbocycles. The number of nitrogens with zero attached hydrogens (tertiary/aromatic N) is 1. The zero-order valence-electron chi connectivity index (χ0n) is 11.3. The number of carbonyl (C=O) groups is 2. The van der Waals surface area contributed by atoms with Crippen LogP contribution in [0.4, 0.5) is 0 Å². The average molecular weight is 275 g/mol.